The minimum atomic E-state index is -0.908. The van der Waals surface area contributed by atoms with E-state index >= 15 is 0 Å². The summed E-state index contributed by atoms with van der Waals surface area (Å²) in [5.41, 5.74) is 1.55. The molecule has 0 aliphatic carbocycles. The Morgan fingerprint density at radius 1 is 1.18 bits per heavy atom. The van der Waals surface area contributed by atoms with Gasteiger partial charge in [-0.1, -0.05) is 36.4 Å². The number of hydrogen-bond donors (Lipinski definition) is 2. The Hall–Kier alpha value is -3.46. The van der Waals surface area contributed by atoms with Crippen molar-refractivity contribution in [1.29, 1.82) is 0 Å². The van der Waals surface area contributed by atoms with Crippen LogP contribution >= 0.6 is 0 Å². The van der Waals surface area contributed by atoms with Crippen molar-refractivity contribution in [1.82, 2.24) is 25.2 Å². The smallest absolute Gasteiger partial charge is 0.247 e. The van der Waals surface area contributed by atoms with Gasteiger partial charge in [0.15, 0.2) is 0 Å². The lowest BCUT2D eigenvalue weighted by Gasteiger charge is -2.34. The molecule has 0 aliphatic rings. The van der Waals surface area contributed by atoms with Gasteiger partial charge in [0.05, 0.1) is 12.1 Å². The number of benzene rings is 2. The van der Waals surface area contributed by atoms with E-state index in [9.17, 15) is 14.7 Å². The van der Waals surface area contributed by atoms with Crippen molar-refractivity contribution in [2.75, 3.05) is 20.3 Å². The number of amides is 2. The van der Waals surface area contributed by atoms with Gasteiger partial charge in [-0.15, -0.1) is 5.10 Å². The Bertz CT molecular complexity index is 1090. The monoisotopic (exact) mass is 453 g/mol. The molecule has 9 nitrogen and oxygen atoms in total. The van der Waals surface area contributed by atoms with E-state index in [1.165, 1.54) is 21.7 Å². The summed E-state index contributed by atoms with van der Waals surface area (Å²) >= 11 is 0. The second-order valence-corrected chi connectivity index (χ2v) is 8.54. The zero-order valence-electron chi connectivity index (χ0n) is 19.5. The highest BCUT2D eigenvalue weighted by Gasteiger charge is 2.34. The summed E-state index contributed by atoms with van der Waals surface area (Å²) < 4.78 is 6.76. The van der Waals surface area contributed by atoms with Crippen molar-refractivity contribution in [2.45, 2.75) is 45.3 Å². The third-order valence-corrected chi connectivity index (χ3v) is 5.68. The number of ether oxygens (including phenoxy) is 1. The largest absolute Gasteiger partial charge is 0.508 e. The highest BCUT2D eigenvalue weighted by Crippen LogP contribution is 2.25. The standard InChI is InChI=1S/C24H31N5O4/c1-5-24(2,3)25-23(32)22(17-10-12-18(30)13-11-17)28(14-15-33-4)21(31)16-29-20-9-7-6-8-19(20)26-27-29/h6-13,22,30H,5,14-16H2,1-4H3,(H,25,32)/t22-/m1/s1. The number of phenols is 1. The zero-order chi connectivity index (χ0) is 24.0. The van der Waals surface area contributed by atoms with Crippen LogP contribution < -0.4 is 5.32 Å². The van der Waals surface area contributed by atoms with Crippen molar-refractivity contribution in [2.24, 2.45) is 0 Å². The molecule has 3 rings (SSSR count). The van der Waals surface area contributed by atoms with Crippen LogP contribution in [0.4, 0.5) is 0 Å². The summed E-state index contributed by atoms with van der Waals surface area (Å²) in [4.78, 5) is 28.5. The number of para-hydroxylation sites is 1. The van der Waals surface area contributed by atoms with Crippen LogP contribution in [0.15, 0.2) is 48.5 Å². The summed E-state index contributed by atoms with van der Waals surface area (Å²) in [7, 11) is 1.55. The van der Waals surface area contributed by atoms with Crippen molar-refractivity contribution >= 4 is 22.8 Å². The molecule has 1 atom stereocenters. The lowest BCUT2D eigenvalue weighted by Crippen LogP contribution is -2.51. The molecule has 0 unspecified atom stereocenters. The van der Waals surface area contributed by atoms with Gasteiger partial charge in [-0.25, -0.2) is 4.68 Å². The number of rotatable bonds is 10. The summed E-state index contributed by atoms with van der Waals surface area (Å²) in [5.74, 6) is -0.527. The first kappa shape index (κ1) is 24.2. The molecule has 0 aliphatic heterocycles. The third kappa shape index (κ3) is 5.87. The summed E-state index contributed by atoms with van der Waals surface area (Å²) in [6, 6.07) is 12.8. The maximum Gasteiger partial charge on any atom is 0.247 e. The lowest BCUT2D eigenvalue weighted by atomic mass is 9.98. The predicted octanol–water partition coefficient (Wildman–Crippen LogP) is 2.66. The van der Waals surface area contributed by atoms with Crippen molar-refractivity contribution in [3.63, 3.8) is 0 Å². The van der Waals surface area contributed by atoms with Crippen LogP contribution in [0.1, 0.15) is 38.8 Å². The highest BCUT2D eigenvalue weighted by atomic mass is 16.5. The molecular formula is C24H31N5O4. The maximum absolute atomic E-state index is 13.5. The molecule has 3 aromatic rings. The van der Waals surface area contributed by atoms with Crippen LogP contribution in [0, 0.1) is 0 Å². The third-order valence-electron chi connectivity index (χ3n) is 5.68. The molecule has 33 heavy (non-hydrogen) atoms. The fourth-order valence-corrected chi connectivity index (χ4v) is 3.46. The Morgan fingerprint density at radius 2 is 1.88 bits per heavy atom. The van der Waals surface area contributed by atoms with E-state index in [4.69, 9.17) is 4.74 Å². The minimum absolute atomic E-state index is 0.0793. The number of aromatic hydroxyl groups is 1. The Balaban J connectivity index is 1.97. The number of phenolic OH excluding ortho intramolecular Hbond substituents is 1. The Labute approximate surface area is 193 Å². The van der Waals surface area contributed by atoms with E-state index in [0.29, 0.717) is 11.1 Å². The topological polar surface area (TPSA) is 110 Å². The normalized spacial score (nSPS) is 12.5. The van der Waals surface area contributed by atoms with Crippen molar-refractivity contribution in [3.05, 3.63) is 54.1 Å². The lowest BCUT2D eigenvalue weighted by molar-refractivity contribution is -0.142. The van der Waals surface area contributed by atoms with Crippen LogP contribution in [0.25, 0.3) is 11.0 Å². The number of carbonyl (C=O) groups excluding carboxylic acids is 2. The average Bonchev–Trinajstić information content (AvgIpc) is 3.20. The first-order valence-electron chi connectivity index (χ1n) is 10.9. The van der Waals surface area contributed by atoms with E-state index in [1.807, 2.05) is 45.0 Å². The SMILES string of the molecule is CCC(C)(C)NC(=O)[C@@H](c1ccc(O)cc1)N(CCOC)C(=O)Cn1nnc2ccccc21. The molecule has 1 aromatic heterocycles. The van der Waals surface area contributed by atoms with Gasteiger partial charge < -0.3 is 20.1 Å². The molecule has 0 fully saturated rings. The van der Waals surface area contributed by atoms with E-state index in [0.717, 1.165) is 11.9 Å². The molecule has 0 bridgehead atoms. The van der Waals surface area contributed by atoms with Gasteiger partial charge in [0.25, 0.3) is 0 Å². The summed E-state index contributed by atoms with van der Waals surface area (Å²) in [6.45, 7) is 6.22. The van der Waals surface area contributed by atoms with Crippen LogP contribution in [-0.2, 0) is 20.9 Å². The second kappa shape index (κ2) is 10.4. The summed E-state index contributed by atoms with van der Waals surface area (Å²) in [6.07, 6.45) is 0.720. The van der Waals surface area contributed by atoms with E-state index < -0.39 is 11.6 Å². The second-order valence-electron chi connectivity index (χ2n) is 8.54. The number of methoxy groups -OCH3 is 1. The van der Waals surface area contributed by atoms with Crippen molar-refractivity contribution in [3.8, 4) is 5.75 Å². The minimum Gasteiger partial charge on any atom is -0.508 e. The number of hydrogen-bond acceptors (Lipinski definition) is 6. The molecule has 2 N–H and O–H groups in total. The molecule has 176 valence electrons. The van der Waals surface area contributed by atoms with Gasteiger partial charge in [-0.2, -0.15) is 0 Å². The first-order chi connectivity index (χ1) is 15.8. The fourth-order valence-electron chi connectivity index (χ4n) is 3.46. The van der Waals surface area contributed by atoms with E-state index in [2.05, 4.69) is 15.6 Å². The molecule has 0 saturated carbocycles. The maximum atomic E-state index is 13.5. The number of carbonyl (C=O) groups is 2. The molecular weight excluding hydrogens is 422 g/mol. The van der Waals surface area contributed by atoms with Gasteiger partial charge >= 0.3 is 0 Å². The van der Waals surface area contributed by atoms with Gasteiger partial charge in [0, 0.05) is 19.2 Å². The van der Waals surface area contributed by atoms with Crippen LogP contribution in [0.3, 0.4) is 0 Å². The molecule has 1 heterocycles. The highest BCUT2D eigenvalue weighted by molar-refractivity contribution is 5.89. The van der Waals surface area contributed by atoms with Crippen LogP contribution in [0.5, 0.6) is 5.75 Å². The molecule has 0 spiro atoms. The number of nitrogens with zero attached hydrogens (tertiary/aromatic N) is 4. The zero-order valence-corrected chi connectivity index (χ0v) is 19.5. The Morgan fingerprint density at radius 3 is 2.55 bits per heavy atom. The first-order valence-corrected chi connectivity index (χ1v) is 10.9. The van der Waals surface area contributed by atoms with E-state index in [-0.39, 0.29) is 37.3 Å². The van der Waals surface area contributed by atoms with Crippen molar-refractivity contribution < 1.29 is 19.4 Å². The van der Waals surface area contributed by atoms with Crippen LogP contribution in [-0.4, -0.2) is 62.6 Å². The molecule has 9 heteroatoms. The van der Waals surface area contributed by atoms with E-state index in [1.54, 1.807) is 19.2 Å². The Kier molecular flexibility index (Phi) is 7.65. The molecule has 0 radical (unpaired) electrons. The van der Waals surface area contributed by atoms with Crippen LogP contribution in [0.2, 0.25) is 0 Å². The fraction of sp³-hybridized carbons (Fsp3) is 0.417. The number of aromatic nitrogens is 3. The average molecular weight is 454 g/mol. The molecule has 2 aromatic carbocycles. The molecule has 2 amide bonds. The van der Waals surface area contributed by atoms with Gasteiger partial charge in [-0.3, -0.25) is 9.59 Å². The number of fused-ring (bicyclic) bond motifs is 1. The van der Waals surface area contributed by atoms with Gasteiger partial charge in [-0.05, 0) is 50.1 Å². The van der Waals surface area contributed by atoms with Gasteiger partial charge in [0.2, 0.25) is 11.8 Å². The summed E-state index contributed by atoms with van der Waals surface area (Å²) in [5, 5.41) is 21.0. The molecule has 0 saturated heterocycles. The van der Waals surface area contributed by atoms with Gasteiger partial charge in [0.1, 0.15) is 23.9 Å². The quantitative estimate of drug-likeness (QED) is 0.488. The number of nitrogens with one attached hydrogen (secondary N) is 1. The predicted molar refractivity (Wildman–Crippen MR) is 124 cm³/mol.